The highest BCUT2D eigenvalue weighted by molar-refractivity contribution is 7.89. The van der Waals surface area contributed by atoms with Gasteiger partial charge in [0, 0.05) is 54.8 Å². The minimum absolute atomic E-state index is 0.113. The van der Waals surface area contributed by atoms with Gasteiger partial charge in [-0.1, -0.05) is 120 Å². The molecule has 37 nitrogen and oxygen atoms in total. The van der Waals surface area contributed by atoms with E-state index in [0.717, 1.165) is 99.2 Å². The number of aliphatic hydroxyl groups excluding tert-OH is 5. The van der Waals surface area contributed by atoms with Crippen LogP contribution in [0.1, 0.15) is 182 Å². The number of ether oxygens (including phenoxy) is 6. The van der Waals surface area contributed by atoms with Gasteiger partial charge in [0.15, 0.2) is 29.9 Å². The van der Waals surface area contributed by atoms with Crippen molar-refractivity contribution in [2.75, 3.05) is 32.4 Å². The number of aromatic hydroxyl groups is 3. The van der Waals surface area contributed by atoms with Gasteiger partial charge in [0.25, 0.3) is 0 Å². The van der Waals surface area contributed by atoms with Crippen molar-refractivity contribution in [3.8, 4) is 57.1 Å². The average Bonchev–Trinajstić information content (AvgIpc) is 0.756. The second kappa shape index (κ2) is 41.2. The number of amides is 7. The Morgan fingerprint density at radius 3 is 1.88 bits per heavy atom. The largest absolute Gasteiger partial charge is 0.507 e. The number of carboxylic acids is 1. The summed E-state index contributed by atoms with van der Waals surface area (Å²) in [6.45, 7) is 7.55. The maximum atomic E-state index is 16.4. The molecule has 18 atom stereocenters. The van der Waals surface area contributed by atoms with Gasteiger partial charge < -0.3 is 134 Å². The smallest absolute Gasteiger partial charge is 0.330 e. The second-order valence-electron chi connectivity index (χ2n) is 31.6. The van der Waals surface area contributed by atoms with E-state index in [1.807, 2.05) is 13.8 Å². The Kier molecular flexibility index (Phi) is 32.0. The number of phenols is 3. The quantitative estimate of drug-likeness (QED) is 0.0294. The summed E-state index contributed by atoms with van der Waals surface area (Å²) in [5.41, 5.74) is 13.6. The van der Waals surface area contributed by atoms with E-state index in [1.54, 1.807) is 0 Å². The van der Waals surface area contributed by atoms with Gasteiger partial charge in [-0.05, 0) is 117 Å². The van der Waals surface area contributed by atoms with Gasteiger partial charge in [0.05, 0.1) is 46.0 Å². The van der Waals surface area contributed by atoms with Crippen molar-refractivity contribution in [1.82, 2.24) is 47.3 Å². The number of nitrogens with one attached hydrogen (secondary N) is 9. The van der Waals surface area contributed by atoms with Crippen molar-refractivity contribution in [2.45, 2.75) is 234 Å². The Morgan fingerprint density at radius 1 is 0.694 bits per heavy atom. The number of aliphatic hydroxyl groups is 5. The summed E-state index contributed by atoms with van der Waals surface area (Å²) < 4.78 is 67.6. The number of hydrogen-bond donors (Lipinski definition) is 21. The molecular formula is C81H108Cl2N12O25S. The summed E-state index contributed by atoms with van der Waals surface area (Å²) in [7, 11) is -2.29. The lowest BCUT2D eigenvalue weighted by atomic mass is 9.86. The molecule has 7 aliphatic rings. The van der Waals surface area contributed by atoms with E-state index < -0.39 is 259 Å². The molecule has 5 aromatic carbocycles. The molecule has 662 valence electrons. The first-order valence-corrected chi connectivity index (χ1v) is 42.5. The molecule has 2 saturated heterocycles. The van der Waals surface area contributed by atoms with Gasteiger partial charge in [0.1, 0.15) is 89.5 Å². The van der Waals surface area contributed by atoms with E-state index in [2.05, 4.69) is 54.2 Å². The number of halogens is 2. The molecule has 2 fully saturated rings. The van der Waals surface area contributed by atoms with Crippen molar-refractivity contribution < 1.29 is 121 Å². The summed E-state index contributed by atoms with van der Waals surface area (Å²) in [6, 6.07) is -1.74. The zero-order chi connectivity index (χ0) is 88.2. The van der Waals surface area contributed by atoms with E-state index in [1.165, 1.54) is 45.9 Å². The van der Waals surface area contributed by atoms with Gasteiger partial charge in [-0.25, -0.2) is 17.9 Å². The molecule has 121 heavy (non-hydrogen) atoms. The predicted molar refractivity (Wildman–Crippen MR) is 437 cm³/mol. The van der Waals surface area contributed by atoms with E-state index in [4.69, 9.17) is 68.8 Å². The number of carboxylic acid groups (broad SMARTS) is 1. The third-order valence-electron chi connectivity index (χ3n) is 21.8. The fourth-order valence-electron chi connectivity index (χ4n) is 15.1. The number of rotatable bonds is 30. The number of primary amides is 1. The lowest BCUT2D eigenvalue weighted by Gasteiger charge is -2.47. The summed E-state index contributed by atoms with van der Waals surface area (Å²) >= 11 is 14.3. The number of benzene rings is 5. The molecular weight excluding hydrogens is 1640 g/mol. The van der Waals surface area contributed by atoms with Gasteiger partial charge >= 0.3 is 5.97 Å². The van der Waals surface area contributed by atoms with E-state index in [0.29, 0.717) is 12.8 Å². The van der Waals surface area contributed by atoms with Crippen LogP contribution in [0.4, 0.5) is 0 Å². The summed E-state index contributed by atoms with van der Waals surface area (Å²) in [6.07, 6.45) is -8.35. The molecule has 0 radical (unpaired) electrons. The molecule has 12 rings (SSSR count). The molecule has 7 aliphatic heterocycles. The third-order valence-corrected chi connectivity index (χ3v) is 23.9. The van der Waals surface area contributed by atoms with Crippen molar-refractivity contribution >= 4 is 80.5 Å². The number of unbranched alkanes of at least 4 members (excludes halogenated alkanes) is 9. The van der Waals surface area contributed by atoms with Gasteiger partial charge in [-0.3, -0.25) is 33.6 Å². The minimum Gasteiger partial charge on any atom is -0.507 e. The first-order chi connectivity index (χ1) is 57.3. The Bertz CT molecular complexity index is 4720. The number of phenolic OH excluding ortho intramolecular Hbond substituents is 3. The zero-order valence-corrected chi connectivity index (χ0v) is 69.8. The topological polar surface area (TPSA) is 594 Å². The Morgan fingerprint density at radius 2 is 1.29 bits per heavy atom. The highest BCUT2D eigenvalue weighted by atomic mass is 35.5. The maximum Gasteiger partial charge on any atom is 0.330 e. The van der Waals surface area contributed by atoms with E-state index in [-0.39, 0.29) is 65.1 Å². The monoisotopic (exact) mass is 1750 g/mol. The van der Waals surface area contributed by atoms with Crippen LogP contribution >= 0.6 is 23.2 Å². The molecule has 40 heteroatoms. The molecule has 11 bridgehead atoms. The second-order valence-corrected chi connectivity index (χ2v) is 34.3. The number of sulfonamides is 1. The number of carbonyl (C=O) groups is 8. The average molecular weight is 1750 g/mol. The normalized spacial score (nSPS) is 26.7. The Balaban J connectivity index is 1.14. The number of fused-ring (bicyclic) bond motifs is 15. The summed E-state index contributed by atoms with van der Waals surface area (Å²) in [5, 5.41) is 127. The van der Waals surface area contributed by atoms with Gasteiger partial charge in [-0.15, -0.1) is 0 Å². The van der Waals surface area contributed by atoms with Crippen LogP contribution in [0, 0.1) is 5.92 Å². The number of nitrogens with two attached hydrogens (primary N) is 3. The van der Waals surface area contributed by atoms with E-state index >= 15 is 24.0 Å². The minimum atomic E-state index is -3.76. The Labute approximate surface area is 708 Å². The predicted octanol–water partition coefficient (Wildman–Crippen LogP) is 3.00. The maximum absolute atomic E-state index is 16.4. The molecule has 0 unspecified atom stereocenters. The van der Waals surface area contributed by atoms with Crippen LogP contribution in [-0.2, 0) is 69.1 Å². The molecule has 0 aromatic heterocycles. The number of hydrogen-bond acceptors (Lipinski definition) is 28. The molecule has 5 aromatic rings. The third kappa shape index (κ3) is 22.9. The van der Waals surface area contributed by atoms with Crippen LogP contribution in [0.25, 0.3) is 11.1 Å². The molecule has 7 amide bonds. The fourth-order valence-corrected chi connectivity index (χ4v) is 16.7. The number of likely N-dealkylation sites (N-methyl/N-ethyl adjacent to an activating group) is 1. The first-order valence-electron chi connectivity index (χ1n) is 40.1. The van der Waals surface area contributed by atoms with Crippen molar-refractivity contribution in [2.24, 2.45) is 23.1 Å². The molecule has 0 aliphatic carbocycles. The fraction of sp³-hybridized carbons (Fsp3) is 0.531. The van der Waals surface area contributed by atoms with Crippen LogP contribution in [0.15, 0.2) is 72.8 Å². The lowest BCUT2D eigenvalue weighted by molar-refractivity contribution is -0.330. The number of carbonyl (C=O) groups excluding carboxylic acids is 7. The van der Waals surface area contributed by atoms with Crippen molar-refractivity contribution in [1.29, 1.82) is 0 Å². The van der Waals surface area contributed by atoms with Crippen LogP contribution in [0.3, 0.4) is 0 Å². The SMILES string of the molecule is CCCCCCCCCCCCS(=O)(=O)NCCNCc1c(O)cc2c(c1O)-c1cc(ccc1O)[C@H]1NC(=O)[C@@H]3NC(=O)[C@H](CC(N)=O)NC(=O)[C@H](NC(=O)[C@@H](CC(C)C)NC)[C@H](O)c4ccc(c(Cl)c4)Oc4cc3cc(c4O[C@@H]3O[C@H](CN)[C@@H](O)[C@H](O)[C@H]3O[C@H]3C[C@](C)(N)[C@H](O)[C@H](C)O3)Oc3ccc(cc3Cl)[C@@H](O)[C@H](NC1=O)C(=O)N[C@@H]2C(=O)O. The van der Waals surface area contributed by atoms with E-state index in [9.17, 15) is 68.8 Å². The van der Waals surface area contributed by atoms with Gasteiger partial charge in [-0.2, -0.15) is 0 Å². The molecule has 0 spiro atoms. The van der Waals surface area contributed by atoms with Crippen LogP contribution in [-0.4, -0.2) is 213 Å². The molecule has 7 heterocycles. The zero-order valence-electron chi connectivity index (χ0n) is 67.5. The van der Waals surface area contributed by atoms with Crippen molar-refractivity contribution in [3.63, 3.8) is 0 Å². The lowest BCUT2D eigenvalue weighted by Crippen LogP contribution is -2.65. The van der Waals surface area contributed by atoms with Crippen LogP contribution in [0.5, 0.6) is 46.0 Å². The van der Waals surface area contributed by atoms with Crippen molar-refractivity contribution in [3.05, 3.63) is 116 Å². The molecule has 24 N–H and O–H groups in total. The van der Waals surface area contributed by atoms with Gasteiger partial charge in [0.2, 0.25) is 63.4 Å². The summed E-state index contributed by atoms with van der Waals surface area (Å²) in [5.74, 6) is -16.5. The first kappa shape index (κ1) is 93.9. The Hall–Kier alpha value is -9.33. The highest BCUT2D eigenvalue weighted by Crippen LogP contribution is 2.51. The number of aliphatic carboxylic acids is 1. The summed E-state index contributed by atoms with van der Waals surface area (Å²) in [4.78, 5) is 119. The standard InChI is InChI=1S/C81H108Cl2N12O25S/c1-7-8-9-10-11-12-13-14-15-16-25-121(113,114)89-24-23-88-36-45-51(97)32-44-59(67(45)101)43-27-39(17-20-50(43)96)60-75(107)95-64(78(110)93-62(44)79(111)112)66(100)41-19-22-53(47(83)29-41)117-55-31-42-30-54(70(55)120-80-71(69(103)68(102)56(35-84)118-80)119-58-34-81(5,86)72(104)38(4)115-58)116-52-21-18-40(28-46(52)82)65(99)63(94-73(105)48(87-6)26-37(2)3)77(109)90-49(33-57(85)98)74(106)91-61(42)76(108)92-60/h17-22,27-32,37-38,48-49,56,58,60-66,68-69,71-72,80,87-89,96-97,99-104H,7-16,23-26,33-36,84,86H2,1-6H3,(H2,85,98)(H,90,109)(H,91,106)(H,92,108)(H,93,110)(H,94,105)(H,95,107)(H,111,112)/t38-,48+,49-,56+,58-,60+,61+,62-,63+,64-,65+,66+,68+,69-,71+,72+,80-,81-/m0/s1. The van der Waals surface area contributed by atoms with Crippen LogP contribution < -0.4 is 78.7 Å². The molecule has 0 saturated carbocycles. The van der Waals surface area contributed by atoms with Crippen LogP contribution in [0.2, 0.25) is 10.0 Å². The highest BCUT2D eigenvalue weighted by Gasteiger charge is 2.52.